The number of benzene rings is 1. The number of hydrazine groups is 1. The standard InChI is InChI=1S/C10H12N4O3/c15-8-5-11-14-10(13-8)12-7-3-1-6(2-4-7)9(16)17/h1-4,10-12,14H,5H2,(H,13,15)(H,16,17). The molecule has 1 saturated heterocycles. The third-order valence-electron chi connectivity index (χ3n) is 2.24. The normalized spacial score (nSPS) is 19.5. The predicted molar refractivity (Wildman–Crippen MR) is 60.1 cm³/mol. The second kappa shape index (κ2) is 4.81. The van der Waals surface area contributed by atoms with Crippen molar-refractivity contribution in [2.45, 2.75) is 6.29 Å². The first-order valence-electron chi connectivity index (χ1n) is 5.03. The topological polar surface area (TPSA) is 102 Å². The Morgan fingerprint density at radius 2 is 2.06 bits per heavy atom. The van der Waals surface area contributed by atoms with E-state index in [2.05, 4.69) is 21.5 Å². The lowest BCUT2D eigenvalue weighted by molar-refractivity contribution is -0.122. The van der Waals surface area contributed by atoms with E-state index in [4.69, 9.17) is 5.11 Å². The summed E-state index contributed by atoms with van der Waals surface area (Å²) in [6, 6.07) is 6.24. The molecule has 1 atom stereocenters. The van der Waals surface area contributed by atoms with Crippen LogP contribution in [0.2, 0.25) is 0 Å². The van der Waals surface area contributed by atoms with Crippen molar-refractivity contribution in [3.05, 3.63) is 29.8 Å². The van der Waals surface area contributed by atoms with Gasteiger partial charge in [-0.3, -0.25) is 4.79 Å². The van der Waals surface area contributed by atoms with Gasteiger partial charge in [0.2, 0.25) is 5.91 Å². The molecule has 0 spiro atoms. The number of anilines is 1. The molecule has 1 amide bonds. The lowest BCUT2D eigenvalue weighted by Gasteiger charge is -2.26. The van der Waals surface area contributed by atoms with Gasteiger partial charge in [0.05, 0.1) is 12.1 Å². The highest BCUT2D eigenvalue weighted by Gasteiger charge is 2.16. The Balaban J connectivity index is 1.98. The van der Waals surface area contributed by atoms with Crippen molar-refractivity contribution in [2.24, 2.45) is 0 Å². The van der Waals surface area contributed by atoms with Crippen molar-refractivity contribution in [2.75, 3.05) is 11.9 Å². The number of rotatable bonds is 3. The van der Waals surface area contributed by atoms with Crippen LogP contribution in [-0.2, 0) is 4.79 Å². The van der Waals surface area contributed by atoms with Gasteiger partial charge < -0.3 is 15.7 Å². The van der Waals surface area contributed by atoms with Crippen LogP contribution in [0.25, 0.3) is 0 Å². The lowest BCUT2D eigenvalue weighted by Crippen LogP contribution is -2.63. The van der Waals surface area contributed by atoms with Crippen LogP contribution in [0.5, 0.6) is 0 Å². The Hall–Kier alpha value is -2.12. The van der Waals surface area contributed by atoms with Gasteiger partial charge in [0.25, 0.3) is 0 Å². The van der Waals surface area contributed by atoms with Crippen LogP contribution in [0, 0.1) is 0 Å². The summed E-state index contributed by atoms with van der Waals surface area (Å²) in [6.07, 6.45) is -0.424. The molecule has 90 valence electrons. The number of amides is 1. The first kappa shape index (κ1) is 11.4. The molecule has 1 unspecified atom stereocenters. The van der Waals surface area contributed by atoms with Crippen LogP contribution in [0.3, 0.4) is 0 Å². The van der Waals surface area contributed by atoms with Gasteiger partial charge in [-0.1, -0.05) is 0 Å². The molecular weight excluding hydrogens is 224 g/mol. The Morgan fingerprint density at radius 3 is 2.65 bits per heavy atom. The largest absolute Gasteiger partial charge is 0.478 e. The quantitative estimate of drug-likeness (QED) is 0.476. The Morgan fingerprint density at radius 1 is 1.35 bits per heavy atom. The van der Waals surface area contributed by atoms with Gasteiger partial charge in [-0.15, -0.1) is 0 Å². The third-order valence-corrected chi connectivity index (χ3v) is 2.24. The molecule has 1 fully saturated rings. The van der Waals surface area contributed by atoms with E-state index < -0.39 is 12.3 Å². The van der Waals surface area contributed by atoms with Crippen molar-refractivity contribution in [1.82, 2.24) is 16.2 Å². The van der Waals surface area contributed by atoms with Crippen molar-refractivity contribution in [1.29, 1.82) is 0 Å². The summed E-state index contributed by atoms with van der Waals surface area (Å²) in [4.78, 5) is 21.7. The maximum Gasteiger partial charge on any atom is 0.335 e. The molecule has 0 bridgehead atoms. The summed E-state index contributed by atoms with van der Waals surface area (Å²) in [6.45, 7) is 0.218. The Bertz CT molecular complexity index is 432. The number of aromatic carboxylic acids is 1. The monoisotopic (exact) mass is 236 g/mol. The lowest BCUT2D eigenvalue weighted by atomic mass is 10.2. The van der Waals surface area contributed by atoms with Crippen LogP contribution < -0.4 is 21.5 Å². The second-order valence-corrected chi connectivity index (χ2v) is 3.53. The minimum atomic E-state index is -0.970. The fraction of sp³-hybridized carbons (Fsp3) is 0.200. The van der Waals surface area contributed by atoms with Gasteiger partial charge in [0.15, 0.2) is 6.29 Å². The molecule has 0 aliphatic carbocycles. The van der Waals surface area contributed by atoms with Crippen LogP contribution >= 0.6 is 0 Å². The van der Waals surface area contributed by atoms with E-state index >= 15 is 0 Å². The highest BCUT2D eigenvalue weighted by molar-refractivity contribution is 5.88. The van der Waals surface area contributed by atoms with E-state index in [9.17, 15) is 9.59 Å². The number of hydrogen-bond acceptors (Lipinski definition) is 5. The molecule has 2 rings (SSSR count). The average molecular weight is 236 g/mol. The highest BCUT2D eigenvalue weighted by Crippen LogP contribution is 2.09. The van der Waals surface area contributed by atoms with E-state index in [-0.39, 0.29) is 18.0 Å². The summed E-state index contributed by atoms with van der Waals surface area (Å²) in [5, 5.41) is 14.4. The van der Waals surface area contributed by atoms with Gasteiger partial charge in [-0.2, -0.15) is 0 Å². The van der Waals surface area contributed by atoms with Crippen LogP contribution in [0.4, 0.5) is 5.69 Å². The van der Waals surface area contributed by atoms with Gasteiger partial charge in [0, 0.05) is 5.69 Å². The summed E-state index contributed by atoms with van der Waals surface area (Å²) in [7, 11) is 0. The van der Waals surface area contributed by atoms with Gasteiger partial charge >= 0.3 is 5.97 Å². The Labute approximate surface area is 97.2 Å². The number of carbonyl (C=O) groups excluding carboxylic acids is 1. The summed E-state index contributed by atoms with van der Waals surface area (Å²) >= 11 is 0. The van der Waals surface area contributed by atoms with Crippen LogP contribution in [0.1, 0.15) is 10.4 Å². The molecule has 7 nitrogen and oxygen atoms in total. The number of nitrogens with one attached hydrogen (secondary N) is 4. The third kappa shape index (κ3) is 2.92. The van der Waals surface area contributed by atoms with Gasteiger partial charge in [-0.25, -0.2) is 15.6 Å². The SMILES string of the molecule is O=C1CNNC(Nc2ccc(C(=O)O)cc2)N1. The highest BCUT2D eigenvalue weighted by atomic mass is 16.4. The molecule has 17 heavy (non-hydrogen) atoms. The maximum atomic E-state index is 11.1. The number of carboxylic acid groups (broad SMARTS) is 1. The van der Waals surface area contributed by atoms with E-state index in [0.29, 0.717) is 5.69 Å². The fourth-order valence-corrected chi connectivity index (χ4v) is 1.43. The molecule has 7 heteroatoms. The zero-order chi connectivity index (χ0) is 12.3. The van der Waals surface area contributed by atoms with Crippen molar-refractivity contribution in [3.8, 4) is 0 Å². The first-order chi connectivity index (χ1) is 8.15. The molecule has 1 heterocycles. The molecular formula is C10H12N4O3. The Kier molecular flexibility index (Phi) is 3.22. The predicted octanol–water partition coefficient (Wildman–Crippen LogP) is -0.696. The zero-order valence-electron chi connectivity index (χ0n) is 8.86. The zero-order valence-corrected chi connectivity index (χ0v) is 8.86. The van der Waals surface area contributed by atoms with E-state index in [1.54, 1.807) is 12.1 Å². The molecule has 5 N–H and O–H groups in total. The molecule has 0 saturated carbocycles. The minimum absolute atomic E-state index is 0.122. The second-order valence-electron chi connectivity index (χ2n) is 3.53. The molecule has 1 aliphatic heterocycles. The number of carbonyl (C=O) groups is 2. The molecule has 1 aliphatic rings. The summed E-state index contributed by atoms with van der Waals surface area (Å²) in [5.74, 6) is -1.09. The van der Waals surface area contributed by atoms with E-state index in [0.717, 1.165) is 0 Å². The number of hydrogen-bond donors (Lipinski definition) is 5. The molecule has 0 aromatic heterocycles. The van der Waals surface area contributed by atoms with Gasteiger partial charge in [-0.05, 0) is 24.3 Å². The smallest absolute Gasteiger partial charge is 0.335 e. The minimum Gasteiger partial charge on any atom is -0.478 e. The van der Waals surface area contributed by atoms with Gasteiger partial charge in [0.1, 0.15) is 0 Å². The summed E-state index contributed by atoms with van der Waals surface area (Å²) in [5.41, 5.74) is 6.46. The molecule has 0 radical (unpaired) electrons. The fourth-order valence-electron chi connectivity index (χ4n) is 1.43. The average Bonchev–Trinajstić information content (AvgIpc) is 2.29. The van der Waals surface area contributed by atoms with Crippen LogP contribution in [0.15, 0.2) is 24.3 Å². The number of carboxylic acids is 1. The molecule has 1 aromatic carbocycles. The van der Waals surface area contributed by atoms with E-state index in [1.807, 2.05) is 0 Å². The first-order valence-corrected chi connectivity index (χ1v) is 5.03. The van der Waals surface area contributed by atoms with Crippen molar-refractivity contribution in [3.63, 3.8) is 0 Å². The van der Waals surface area contributed by atoms with Crippen molar-refractivity contribution >= 4 is 17.6 Å². The summed E-state index contributed by atoms with van der Waals surface area (Å²) < 4.78 is 0. The van der Waals surface area contributed by atoms with E-state index in [1.165, 1.54) is 12.1 Å². The maximum absolute atomic E-state index is 11.1. The van der Waals surface area contributed by atoms with Crippen molar-refractivity contribution < 1.29 is 14.7 Å². The van der Waals surface area contributed by atoms with Crippen LogP contribution in [-0.4, -0.2) is 29.8 Å². The molecule has 1 aromatic rings.